The lowest BCUT2D eigenvalue weighted by molar-refractivity contribution is 0.312. The van der Waals surface area contributed by atoms with Crippen molar-refractivity contribution in [3.63, 3.8) is 0 Å². The molecule has 0 unspecified atom stereocenters. The molecule has 0 atom stereocenters. The van der Waals surface area contributed by atoms with Crippen LogP contribution in [0.25, 0.3) is 22.2 Å². The van der Waals surface area contributed by atoms with E-state index in [0.29, 0.717) is 4.90 Å². The third-order valence-electron chi connectivity index (χ3n) is 5.94. The highest BCUT2D eigenvalue weighted by atomic mass is 32.2. The van der Waals surface area contributed by atoms with E-state index in [4.69, 9.17) is 4.98 Å². The summed E-state index contributed by atoms with van der Waals surface area (Å²) in [5.41, 5.74) is 5.06. The topological polar surface area (TPSA) is 57.2 Å². The predicted molar refractivity (Wildman–Crippen MR) is 133 cm³/mol. The zero-order chi connectivity index (χ0) is 23.7. The van der Waals surface area contributed by atoms with Gasteiger partial charge in [-0.3, -0.25) is 9.97 Å². The molecular formula is C25H24F2N6S. The zero-order valence-corrected chi connectivity index (χ0v) is 19.7. The van der Waals surface area contributed by atoms with Gasteiger partial charge in [-0.05, 0) is 61.8 Å². The van der Waals surface area contributed by atoms with Crippen molar-refractivity contribution in [2.45, 2.75) is 11.8 Å². The molecule has 0 bridgehead atoms. The van der Waals surface area contributed by atoms with Crippen molar-refractivity contribution >= 4 is 34.5 Å². The second-order valence-corrected chi connectivity index (χ2v) is 9.21. The fourth-order valence-electron chi connectivity index (χ4n) is 3.83. The highest BCUT2D eigenvalue weighted by molar-refractivity contribution is 8.00. The first kappa shape index (κ1) is 22.5. The fourth-order valence-corrected chi connectivity index (χ4v) is 4.55. The van der Waals surface area contributed by atoms with E-state index in [0.717, 1.165) is 83.6 Å². The summed E-state index contributed by atoms with van der Waals surface area (Å²) in [7, 11) is 2.13. The van der Waals surface area contributed by atoms with Crippen LogP contribution in [-0.2, 0) is 0 Å². The maximum Gasteiger partial charge on any atom is 0.147 e. The molecule has 1 aliphatic rings. The van der Waals surface area contributed by atoms with Crippen molar-refractivity contribution in [3.8, 4) is 11.1 Å². The monoisotopic (exact) mass is 478 g/mol. The molecule has 1 N–H and O–H groups in total. The molecule has 3 heterocycles. The van der Waals surface area contributed by atoms with E-state index in [9.17, 15) is 8.78 Å². The van der Waals surface area contributed by atoms with Gasteiger partial charge in [-0.15, -0.1) is 0 Å². The van der Waals surface area contributed by atoms with Crippen LogP contribution in [-0.4, -0.2) is 53.1 Å². The Balaban J connectivity index is 1.40. The molecule has 34 heavy (non-hydrogen) atoms. The van der Waals surface area contributed by atoms with E-state index in [1.165, 1.54) is 12.1 Å². The Morgan fingerprint density at radius 3 is 2.50 bits per heavy atom. The Kier molecular flexibility index (Phi) is 6.30. The normalized spacial score (nSPS) is 14.5. The third kappa shape index (κ3) is 4.80. The highest BCUT2D eigenvalue weighted by Gasteiger charge is 2.16. The molecule has 6 nitrogen and oxygen atoms in total. The number of benzene rings is 2. The van der Waals surface area contributed by atoms with Crippen LogP contribution in [0.1, 0.15) is 5.69 Å². The first-order valence-electron chi connectivity index (χ1n) is 11.0. The lowest BCUT2D eigenvalue weighted by Gasteiger charge is -2.33. The number of fused-ring (bicyclic) bond motifs is 1. The fraction of sp³-hybridized carbons (Fsp3) is 0.240. The van der Waals surface area contributed by atoms with Crippen molar-refractivity contribution in [1.29, 1.82) is 0 Å². The van der Waals surface area contributed by atoms with Crippen LogP contribution in [0.15, 0.2) is 59.8 Å². The molecular weight excluding hydrogens is 454 g/mol. The van der Waals surface area contributed by atoms with Crippen molar-refractivity contribution in [2.24, 2.45) is 0 Å². The molecule has 0 amide bonds. The van der Waals surface area contributed by atoms with E-state index in [1.54, 1.807) is 0 Å². The molecule has 0 spiro atoms. The van der Waals surface area contributed by atoms with Gasteiger partial charge in [0.1, 0.15) is 17.5 Å². The van der Waals surface area contributed by atoms with Gasteiger partial charge in [-0.2, -0.15) is 0 Å². The second kappa shape index (κ2) is 9.52. The Morgan fingerprint density at radius 1 is 0.882 bits per heavy atom. The molecule has 174 valence electrons. The quantitative estimate of drug-likeness (QED) is 0.398. The number of aryl methyl sites for hydroxylation is 1. The Hall–Kier alpha value is -3.30. The van der Waals surface area contributed by atoms with Gasteiger partial charge in [0, 0.05) is 44.0 Å². The van der Waals surface area contributed by atoms with Gasteiger partial charge in [0.15, 0.2) is 0 Å². The van der Waals surface area contributed by atoms with E-state index in [2.05, 4.69) is 31.5 Å². The van der Waals surface area contributed by atoms with Crippen molar-refractivity contribution in [2.75, 3.05) is 42.8 Å². The summed E-state index contributed by atoms with van der Waals surface area (Å²) in [6, 6.07) is 11.5. The zero-order valence-electron chi connectivity index (χ0n) is 18.9. The van der Waals surface area contributed by atoms with Crippen LogP contribution in [0.4, 0.5) is 20.3 Å². The lowest BCUT2D eigenvalue weighted by atomic mass is 10.1. The molecule has 0 radical (unpaired) electrons. The summed E-state index contributed by atoms with van der Waals surface area (Å²) in [6.45, 7) is 5.75. The molecule has 5 rings (SSSR count). The summed E-state index contributed by atoms with van der Waals surface area (Å²) in [5.74, 6) is -0.319. The number of rotatable bonds is 5. The number of anilines is 2. The molecule has 0 aliphatic carbocycles. The molecule has 1 saturated heterocycles. The Labute approximate surface area is 201 Å². The number of hydrogen-bond acceptors (Lipinski definition) is 7. The number of nitrogens with zero attached hydrogens (tertiary/aromatic N) is 5. The number of nitrogens with one attached hydrogen (secondary N) is 1. The summed E-state index contributed by atoms with van der Waals surface area (Å²) in [6.07, 6.45) is 3.65. The largest absolute Gasteiger partial charge is 0.353 e. The van der Waals surface area contributed by atoms with Gasteiger partial charge >= 0.3 is 0 Å². The molecule has 9 heteroatoms. The Morgan fingerprint density at radius 2 is 1.71 bits per heavy atom. The van der Waals surface area contributed by atoms with Crippen molar-refractivity contribution in [1.82, 2.24) is 19.9 Å². The number of halogens is 2. The van der Waals surface area contributed by atoms with E-state index < -0.39 is 11.6 Å². The molecule has 2 aromatic carbocycles. The smallest absolute Gasteiger partial charge is 0.147 e. The average molecular weight is 479 g/mol. The summed E-state index contributed by atoms with van der Waals surface area (Å²) < 4.78 is 30.3. The maximum absolute atomic E-state index is 14.0. The van der Waals surface area contributed by atoms with Crippen LogP contribution in [0.2, 0.25) is 0 Å². The Bertz CT molecular complexity index is 1340. The molecule has 1 fully saturated rings. The van der Waals surface area contributed by atoms with Crippen molar-refractivity contribution in [3.05, 3.63) is 72.2 Å². The third-order valence-corrected chi connectivity index (χ3v) is 6.81. The number of piperazine rings is 1. The van der Waals surface area contributed by atoms with Crippen LogP contribution < -0.4 is 9.62 Å². The van der Waals surface area contributed by atoms with Crippen LogP contribution in [0.5, 0.6) is 0 Å². The summed E-state index contributed by atoms with van der Waals surface area (Å²) >= 11 is 1.08. The predicted octanol–water partition coefficient (Wildman–Crippen LogP) is 5.15. The summed E-state index contributed by atoms with van der Waals surface area (Å²) in [4.78, 5) is 18.9. The molecule has 0 saturated carbocycles. The van der Waals surface area contributed by atoms with Gasteiger partial charge in [-0.25, -0.2) is 13.8 Å². The second-order valence-electron chi connectivity index (χ2n) is 8.36. The van der Waals surface area contributed by atoms with Gasteiger partial charge in [-0.1, -0.05) is 6.07 Å². The number of likely N-dealkylation sites (N-methyl/N-ethyl adjacent to an activating group) is 1. The first-order chi connectivity index (χ1) is 16.5. The number of pyridine rings is 1. The van der Waals surface area contributed by atoms with E-state index >= 15 is 0 Å². The molecule has 4 aromatic rings. The van der Waals surface area contributed by atoms with Crippen LogP contribution >= 0.6 is 11.9 Å². The van der Waals surface area contributed by atoms with Crippen LogP contribution in [0, 0.1) is 18.6 Å². The minimum atomic E-state index is -0.608. The van der Waals surface area contributed by atoms with Gasteiger partial charge in [0.25, 0.3) is 0 Å². The highest BCUT2D eigenvalue weighted by Crippen LogP contribution is 2.30. The van der Waals surface area contributed by atoms with Gasteiger partial charge in [0.2, 0.25) is 0 Å². The molecule has 1 aliphatic heterocycles. The standard InChI is InChI=1S/C25H24F2N6S/c1-16-22(31-34-24-6-4-19(26)13-20(24)27)12-18(14-28-16)17-3-5-21-23(11-17)30-25(15-29-21)33-9-7-32(2)8-10-33/h3-6,11-15,31H,7-10H2,1-2H3. The first-order valence-corrected chi connectivity index (χ1v) is 11.8. The van der Waals surface area contributed by atoms with Crippen molar-refractivity contribution < 1.29 is 8.78 Å². The number of aromatic nitrogens is 3. The van der Waals surface area contributed by atoms with Crippen LogP contribution in [0.3, 0.4) is 0 Å². The van der Waals surface area contributed by atoms with Gasteiger partial charge < -0.3 is 14.5 Å². The average Bonchev–Trinajstić information content (AvgIpc) is 2.84. The SMILES string of the molecule is Cc1ncc(-c2ccc3ncc(N4CCN(C)CC4)nc3c2)cc1NSc1ccc(F)cc1F. The lowest BCUT2D eigenvalue weighted by Crippen LogP contribution is -2.44. The van der Waals surface area contributed by atoms with E-state index in [-0.39, 0.29) is 0 Å². The molecule has 2 aromatic heterocycles. The van der Waals surface area contributed by atoms with Gasteiger partial charge in [0.05, 0.1) is 33.5 Å². The minimum absolute atomic E-state index is 0.309. The maximum atomic E-state index is 14.0. The summed E-state index contributed by atoms with van der Waals surface area (Å²) in [5, 5.41) is 0. The minimum Gasteiger partial charge on any atom is -0.353 e. The number of hydrogen-bond donors (Lipinski definition) is 1. The van der Waals surface area contributed by atoms with E-state index in [1.807, 2.05) is 43.6 Å².